The predicted molar refractivity (Wildman–Crippen MR) is 217 cm³/mol. The number of esters is 3. The molecule has 51 heavy (non-hydrogen) atoms. The van der Waals surface area contributed by atoms with Gasteiger partial charge in [0.15, 0.2) is 0 Å². The van der Waals surface area contributed by atoms with Gasteiger partial charge in [-0.3, -0.25) is 9.59 Å². The zero-order valence-corrected chi connectivity index (χ0v) is 34.7. The number of rotatable bonds is 39. The Morgan fingerprint density at radius 3 is 1.10 bits per heavy atom. The second-order valence-corrected chi connectivity index (χ2v) is 15.8. The third-order valence-corrected chi connectivity index (χ3v) is 10.7. The second-order valence-electron chi connectivity index (χ2n) is 15.8. The van der Waals surface area contributed by atoms with Crippen LogP contribution in [-0.2, 0) is 23.9 Å². The Morgan fingerprint density at radius 1 is 0.431 bits per heavy atom. The highest BCUT2D eigenvalue weighted by Gasteiger charge is 2.33. The summed E-state index contributed by atoms with van der Waals surface area (Å²) in [6.07, 6.45) is 39.6. The molecule has 0 aliphatic rings. The molecule has 0 aromatic heterocycles. The van der Waals surface area contributed by atoms with E-state index in [0.29, 0.717) is 0 Å². The van der Waals surface area contributed by atoms with E-state index in [4.69, 9.17) is 15.2 Å². The number of hydrogen-bond acceptors (Lipinski definition) is 6. The average molecular weight is 722 g/mol. The molecule has 0 radical (unpaired) electrons. The molecule has 0 aliphatic carbocycles. The summed E-state index contributed by atoms with van der Waals surface area (Å²) in [5.41, 5.74) is 5.69. The summed E-state index contributed by atoms with van der Waals surface area (Å²) in [6.45, 7) is 8.99. The largest absolute Gasteiger partial charge is 0.459 e. The van der Waals surface area contributed by atoms with Crippen LogP contribution >= 0.6 is 0 Å². The third kappa shape index (κ3) is 31.8. The number of carbonyl (C=O) groups excluding carboxylic acids is 3. The third-order valence-electron chi connectivity index (χ3n) is 10.7. The Morgan fingerprint density at radius 2 is 0.745 bits per heavy atom. The van der Waals surface area contributed by atoms with Crippen molar-refractivity contribution in [1.82, 2.24) is 0 Å². The van der Waals surface area contributed by atoms with E-state index in [1.807, 2.05) is 0 Å². The maximum Gasteiger partial charge on any atom is 0.330 e. The van der Waals surface area contributed by atoms with Crippen LogP contribution in [0.3, 0.4) is 0 Å². The molecule has 0 aromatic rings. The molecule has 0 bridgehead atoms. The number of carbonyl (C=O) groups is 3. The molecule has 1 atom stereocenters. The van der Waals surface area contributed by atoms with Gasteiger partial charge in [0.1, 0.15) is 11.6 Å². The number of unbranched alkanes of at least 4 members (excludes halogenated alkanes) is 26. The van der Waals surface area contributed by atoms with E-state index >= 15 is 0 Å². The van der Waals surface area contributed by atoms with Crippen LogP contribution < -0.4 is 5.73 Å². The van der Waals surface area contributed by atoms with Crippen molar-refractivity contribution in [2.75, 3.05) is 0 Å². The van der Waals surface area contributed by atoms with Gasteiger partial charge in [0, 0.05) is 12.8 Å². The summed E-state index contributed by atoms with van der Waals surface area (Å²) >= 11 is 0. The van der Waals surface area contributed by atoms with Crippen LogP contribution in [0.15, 0.2) is 0 Å². The van der Waals surface area contributed by atoms with Crippen molar-refractivity contribution >= 4 is 17.9 Å². The molecule has 0 fully saturated rings. The van der Waals surface area contributed by atoms with Crippen LogP contribution in [0.4, 0.5) is 0 Å². The average Bonchev–Trinajstić information content (AvgIpc) is 3.12. The molecule has 1 unspecified atom stereocenters. The summed E-state index contributed by atoms with van der Waals surface area (Å²) in [4.78, 5) is 38.3. The van der Waals surface area contributed by atoms with E-state index in [1.54, 1.807) is 0 Å². The number of ether oxygens (including phenoxy) is 2. The maximum absolute atomic E-state index is 13.4. The fourth-order valence-corrected chi connectivity index (χ4v) is 7.24. The van der Waals surface area contributed by atoms with Crippen molar-refractivity contribution < 1.29 is 23.9 Å². The molecule has 0 aliphatic heterocycles. The lowest BCUT2D eigenvalue weighted by atomic mass is 9.84. The lowest BCUT2D eigenvalue weighted by Gasteiger charge is -2.34. The van der Waals surface area contributed by atoms with Gasteiger partial charge < -0.3 is 15.2 Å². The molecule has 6 heteroatoms. The monoisotopic (exact) mass is 722 g/mol. The Balaban J connectivity index is 5.04. The lowest BCUT2D eigenvalue weighted by Crippen LogP contribution is -2.37. The van der Waals surface area contributed by atoms with Crippen molar-refractivity contribution in [2.45, 2.75) is 270 Å². The second kappa shape index (κ2) is 36.9. The van der Waals surface area contributed by atoms with Gasteiger partial charge in [-0.25, -0.2) is 4.79 Å². The van der Waals surface area contributed by atoms with Crippen LogP contribution in [0.2, 0.25) is 0 Å². The van der Waals surface area contributed by atoms with Crippen molar-refractivity contribution in [2.24, 2.45) is 5.73 Å². The van der Waals surface area contributed by atoms with Gasteiger partial charge in [-0.05, 0) is 51.4 Å². The molecular formula is C45H87NO5. The fourth-order valence-electron chi connectivity index (χ4n) is 7.24. The van der Waals surface area contributed by atoms with Gasteiger partial charge in [0.05, 0.1) is 0 Å². The highest BCUT2D eigenvalue weighted by molar-refractivity contribution is 5.88. The highest BCUT2D eigenvalue weighted by atomic mass is 16.6. The molecule has 0 spiro atoms. The summed E-state index contributed by atoms with van der Waals surface area (Å²) in [7, 11) is 0. The van der Waals surface area contributed by atoms with Crippen molar-refractivity contribution in [3.63, 3.8) is 0 Å². The van der Waals surface area contributed by atoms with Crippen molar-refractivity contribution in [3.05, 3.63) is 0 Å². The standard InChI is InChI=1S/C45H87NO5/c1-5-9-13-17-21-23-25-27-31-35-42(47)50-44(49)41(46)36-37-43(48)51-45(38-32-28-19-15-11-7-3,39-33-29-20-16-12-8-4)40-34-30-26-24-22-18-14-10-6-2/h41H,5-40,46H2,1-4H3. The Kier molecular flexibility index (Phi) is 35.9. The van der Waals surface area contributed by atoms with E-state index in [-0.39, 0.29) is 25.2 Å². The minimum absolute atomic E-state index is 0.0647. The molecule has 0 heterocycles. The lowest BCUT2D eigenvalue weighted by molar-refractivity contribution is -0.163. The SMILES string of the molecule is CCCCCCCCCCCC(=O)OC(=O)C(N)CCC(=O)OC(CCCCCCCC)(CCCCCCCC)CCCCCCCCCCC. The van der Waals surface area contributed by atoms with Gasteiger partial charge >= 0.3 is 17.9 Å². The Labute approximate surface area is 317 Å². The summed E-state index contributed by atoms with van der Waals surface area (Å²) in [5.74, 6) is -1.52. The molecule has 0 saturated carbocycles. The maximum atomic E-state index is 13.4. The van der Waals surface area contributed by atoms with Crippen LogP contribution in [0.25, 0.3) is 0 Å². The summed E-state index contributed by atoms with van der Waals surface area (Å²) in [5, 5.41) is 0. The zero-order valence-electron chi connectivity index (χ0n) is 34.7. The van der Waals surface area contributed by atoms with Gasteiger partial charge in [0.25, 0.3) is 0 Å². The van der Waals surface area contributed by atoms with Gasteiger partial charge in [-0.1, -0.05) is 195 Å². The van der Waals surface area contributed by atoms with Gasteiger partial charge in [-0.15, -0.1) is 0 Å². The molecule has 302 valence electrons. The minimum Gasteiger partial charge on any atom is -0.459 e. The summed E-state index contributed by atoms with van der Waals surface area (Å²) < 4.78 is 11.5. The highest BCUT2D eigenvalue weighted by Crippen LogP contribution is 2.34. The van der Waals surface area contributed by atoms with Crippen molar-refractivity contribution in [3.8, 4) is 0 Å². The van der Waals surface area contributed by atoms with Gasteiger partial charge in [-0.2, -0.15) is 0 Å². The molecule has 0 amide bonds. The minimum atomic E-state index is -1.01. The number of hydrogen-bond donors (Lipinski definition) is 1. The normalized spacial score (nSPS) is 12.3. The number of nitrogens with two attached hydrogens (primary N) is 1. The molecule has 0 rings (SSSR count). The van der Waals surface area contributed by atoms with Crippen LogP contribution in [-0.4, -0.2) is 29.6 Å². The van der Waals surface area contributed by atoms with Crippen LogP contribution in [0, 0.1) is 0 Å². The quantitative estimate of drug-likeness (QED) is 0.0386. The molecule has 6 nitrogen and oxygen atoms in total. The first-order chi connectivity index (χ1) is 24.8. The van der Waals surface area contributed by atoms with Crippen LogP contribution in [0.5, 0.6) is 0 Å². The van der Waals surface area contributed by atoms with Crippen molar-refractivity contribution in [1.29, 1.82) is 0 Å². The van der Waals surface area contributed by atoms with E-state index in [2.05, 4.69) is 27.7 Å². The Hall–Kier alpha value is -1.43. The smallest absolute Gasteiger partial charge is 0.330 e. The van der Waals surface area contributed by atoms with Gasteiger partial charge in [0.2, 0.25) is 0 Å². The first-order valence-electron chi connectivity index (χ1n) is 22.6. The fraction of sp³-hybridized carbons (Fsp3) is 0.933. The van der Waals surface area contributed by atoms with E-state index in [9.17, 15) is 14.4 Å². The first-order valence-corrected chi connectivity index (χ1v) is 22.6. The van der Waals surface area contributed by atoms with E-state index in [1.165, 1.54) is 154 Å². The van der Waals surface area contributed by atoms with E-state index in [0.717, 1.165) is 57.8 Å². The molecule has 2 N–H and O–H groups in total. The molecule has 0 saturated heterocycles. The topological polar surface area (TPSA) is 95.7 Å². The first kappa shape index (κ1) is 49.6. The summed E-state index contributed by atoms with van der Waals surface area (Å²) in [6, 6.07) is -1.01. The zero-order chi connectivity index (χ0) is 37.7. The Bertz CT molecular complexity index is 783. The van der Waals surface area contributed by atoms with Crippen LogP contribution in [0.1, 0.15) is 259 Å². The molecular weight excluding hydrogens is 634 g/mol. The van der Waals surface area contributed by atoms with E-state index < -0.39 is 23.6 Å². The molecule has 0 aromatic carbocycles. The predicted octanol–water partition coefficient (Wildman–Crippen LogP) is 13.8.